The smallest absolute Gasteiger partial charge is 0.321 e. The molecule has 0 radical (unpaired) electrons. The van der Waals surface area contributed by atoms with Crippen LogP contribution in [0.3, 0.4) is 0 Å². The van der Waals surface area contributed by atoms with Gasteiger partial charge in [0.05, 0.1) is 9.88 Å². The van der Waals surface area contributed by atoms with E-state index in [4.69, 9.17) is 0 Å². The second-order valence-electron chi connectivity index (χ2n) is 8.83. The fourth-order valence-corrected chi connectivity index (χ4v) is 4.20. The molecule has 31 heavy (non-hydrogen) atoms. The van der Waals surface area contributed by atoms with Crippen LogP contribution < -0.4 is 16.0 Å². The zero-order valence-electron chi connectivity index (χ0n) is 18.5. The molecule has 1 aromatic heterocycles. The van der Waals surface area contributed by atoms with Crippen molar-refractivity contribution >= 4 is 39.9 Å². The molecule has 4 amide bonds. The summed E-state index contributed by atoms with van der Waals surface area (Å²) in [6.07, 6.45) is 2.09. The van der Waals surface area contributed by atoms with Crippen molar-refractivity contribution in [3.05, 3.63) is 46.3 Å². The van der Waals surface area contributed by atoms with Crippen LogP contribution in [0.25, 0.3) is 0 Å². The molecule has 3 N–H and O–H groups in total. The van der Waals surface area contributed by atoms with E-state index in [-0.39, 0.29) is 17.8 Å². The summed E-state index contributed by atoms with van der Waals surface area (Å²) in [5.41, 5.74) is 1.92. The van der Waals surface area contributed by atoms with Crippen LogP contribution >= 0.6 is 11.3 Å². The monoisotopic (exact) mass is 442 g/mol. The van der Waals surface area contributed by atoms with Gasteiger partial charge < -0.3 is 20.9 Å². The highest BCUT2D eigenvalue weighted by molar-refractivity contribution is 7.18. The average molecular weight is 443 g/mol. The lowest BCUT2D eigenvalue weighted by Crippen LogP contribution is -2.32. The first-order chi connectivity index (χ1) is 14.6. The van der Waals surface area contributed by atoms with Crippen LogP contribution in [0.2, 0.25) is 0 Å². The molecule has 0 saturated carbocycles. The van der Waals surface area contributed by atoms with E-state index in [2.05, 4.69) is 16.0 Å². The Morgan fingerprint density at radius 1 is 1.06 bits per heavy atom. The number of rotatable bonds is 5. The molecule has 0 bridgehead atoms. The van der Waals surface area contributed by atoms with E-state index in [1.165, 1.54) is 11.3 Å². The van der Waals surface area contributed by atoms with Crippen LogP contribution in [0.1, 0.15) is 54.4 Å². The lowest BCUT2D eigenvalue weighted by atomic mass is 9.96. The van der Waals surface area contributed by atoms with Crippen molar-refractivity contribution in [3.8, 4) is 0 Å². The molecule has 2 aromatic rings. The van der Waals surface area contributed by atoms with Gasteiger partial charge in [0.25, 0.3) is 5.91 Å². The summed E-state index contributed by atoms with van der Waals surface area (Å²) in [5.74, 6) is -0.279. The highest BCUT2D eigenvalue weighted by Crippen LogP contribution is 2.28. The van der Waals surface area contributed by atoms with Crippen LogP contribution in [-0.4, -0.2) is 35.8 Å². The van der Waals surface area contributed by atoms with E-state index in [0.717, 1.165) is 37.1 Å². The fourth-order valence-electron chi connectivity index (χ4n) is 3.21. The minimum atomic E-state index is -0.504. The van der Waals surface area contributed by atoms with Crippen molar-refractivity contribution in [1.82, 2.24) is 10.2 Å². The minimum absolute atomic E-state index is 0.0854. The third-order valence-corrected chi connectivity index (χ3v) is 6.22. The molecule has 0 atom stereocenters. The molecule has 0 spiro atoms. The summed E-state index contributed by atoms with van der Waals surface area (Å²) in [6, 6.07) is 9.20. The van der Waals surface area contributed by atoms with Crippen molar-refractivity contribution in [2.45, 2.75) is 47.1 Å². The van der Waals surface area contributed by atoms with Crippen LogP contribution in [0, 0.1) is 12.3 Å². The summed E-state index contributed by atoms with van der Waals surface area (Å²) in [4.78, 5) is 39.5. The average Bonchev–Trinajstić information content (AvgIpc) is 3.36. The maximum absolute atomic E-state index is 12.7. The van der Waals surface area contributed by atoms with E-state index in [0.29, 0.717) is 22.1 Å². The van der Waals surface area contributed by atoms with Gasteiger partial charge in [0.1, 0.15) is 0 Å². The Balaban J connectivity index is 1.58. The maximum atomic E-state index is 12.7. The van der Waals surface area contributed by atoms with Gasteiger partial charge in [0.2, 0.25) is 5.91 Å². The van der Waals surface area contributed by atoms with Gasteiger partial charge in [-0.05, 0) is 49.1 Å². The van der Waals surface area contributed by atoms with Crippen LogP contribution in [-0.2, 0) is 11.3 Å². The lowest BCUT2D eigenvalue weighted by Gasteiger charge is -2.16. The maximum Gasteiger partial charge on any atom is 0.321 e. The number of likely N-dealkylation sites (tertiary alicyclic amines) is 1. The highest BCUT2D eigenvalue weighted by atomic mass is 32.1. The number of urea groups is 1. The first-order valence-electron chi connectivity index (χ1n) is 10.5. The summed E-state index contributed by atoms with van der Waals surface area (Å²) >= 11 is 1.27. The van der Waals surface area contributed by atoms with E-state index in [9.17, 15) is 14.4 Å². The van der Waals surface area contributed by atoms with Gasteiger partial charge in [0, 0.05) is 30.7 Å². The number of hydrogen-bond acceptors (Lipinski definition) is 4. The standard InChI is InChI=1S/C23H30N4O3S/c1-15-12-18(26-21(29)23(2,3)4)31-19(15)20(28)24-14-16-8-7-9-17(13-16)25-22(30)27-10-5-6-11-27/h7-9,12-13H,5-6,10-11,14H2,1-4H3,(H,24,28)(H,25,30)(H,26,29). The van der Waals surface area contributed by atoms with E-state index in [1.807, 2.05) is 62.9 Å². The largest absolute Gasteiger partial charge is 0.347 e. The highest BCUT2D eigenvalue weighted by Gasteiger charge is 2.23. The number of hydrogen-bond donors (Lipinski definition) is 3. The van der Waals surface area contributed by atoms with E-state index in [1.54, 1.807) is 0 Å². The summed E-state index contributed by atoms with van der Waals surface area (Å²) in [5, 5.41) is 9.38. The molecule has 3 rings (SSSR count). The Morgan fingerprint density at radius 3 is 2.45 bits per heavy atom. The van der Waals surface area contributed by atoms with E-state index >= 15 is 0 Å². The number of carbonyl (C=O) groups is 3. The number of thiophene rings is 1. The predicted molar refractivity (Wildman–Crippen MR) is 125 cm³/mol. The van der Waals surface area contributed by atoms with Crippen molar-refractivity contribution in [2.24, 2.45) is 5.41 Å². The summed E-state index contributed by atoms with van der Waals surface area (Å²) in [7, 11) is 0. The molecule has 166 valence electrons. The van der Waals surface area contributed by atoms with Crippen molar-refractivity contribution < 1.29 is 14.4 Å². The number of nitrogens with zero attached hydrogens (tertiary/aromatic N) is 1. The second kappa shape index (κ2) is 9.51. The Bertz CT molecular complexity index is 971. The number of aryl methyl sites for hydroxylation is 1. The zero-order valence-corrected chi connectivity index (χ0v) is 19.3. The Hall–Kier alpha value is -2.87. The first-order valence-corrected chi connectivity index (χ1v) is 11.3. The molecule has 1 fully saturated rings. The zero-order chi connectivity index (χ0) is 22.6. The number of benzene rings is 1. The van der Waals surface area contributed by atoms with Gasteiger partial charge >= 0.3 is 6.03 Å². The first kappa shape index (κ1) is 22.8. The van der Waals surface area contributed by atoms with Gasteiger partial charge in [0.15, 0.2) is 0 Å². The van der Waals surface area contributed by atoms with Crippen molar-refractivity contribution in [2.75, 3.05) is 23.7 Å². The van der Waals surface area contributed by atoms with Crippen LogP contribution in [0.5, 0.6) is 0 Å². The fraction of sp³-hybridized carbons (Fsp3) is 0.435. The van der Waals surface area contributed by atoms with Gasteiger partial charge in [-0.1, -0.05) is 32.9 Å². The van der Waals surface area contributed by atoms with E-state index < -0.39 is 5.41 Å². The molecule has 1 aliphatic rings. The molecule has 2 heterocycles. The molecule has 1 aliphatic heterocycles. The van der Waals surface area contributed by atoms with Gasteiger partial charge in [-0.2, -0.15) is 0 Å². The molecule has 1 saturated heterocycles. The van der Waals surface area contributed by atoms with Gasteiger partial charge in [-0.25, -0.2) is 4.79 Å². The topological polar surface area (TPSA) is 90.5 Å². The number of amides is 4. The Labute approximate surface area is 187 Å². The quantitative estimate of drug-likeness (QED) is 0.632. The molecule has 1 aromatic carbocycles. The molecular weight excluding hydrogens is 412 g/mol. The number of anilines is 2. The van der Waals surface area contributed by atoms with Crippen molar-refractivity contribution in [3.63, 3.8) is 0 Å². The summed E-state index contributed by atoms with van der Waals surface area (Å²) in [6.45, 7) is 9.31. The van der Waals surface area contributed by atoms with Gasteiger partial charge in [-0.15, -0.1) is 11.3 Å². The Kier molecular flexibility index (Phi) is 7.00. The molecular formula is C23H30N4O3S. The van der Waals surface area contributed by atoms with Crippen LogP contribution in [0.15, 0.2) is 30.3 Å². The third kappa shape index (κ3) is 6.07. The lowest BCUT2D eigenvalue weighted by molar-refractivity contribution is -0.123. The molecule has 7 nitrogen and oxygen atoms in total. The van der Waals surface area contributed by atoms with Gasteiger partial charge in [-0.3, -0.25) is 9.59 Å². The number of carbonyl (C=O) groups excluding carboxylic acids is 3. The third-order valence-electron chi connectivity index (χ3n) is 5.07. The second-order valence-corrected chi connectivity index (χ2v) is 9.89. The van der Waals surface area contributed by atoms with Crippen LogP contribution in [0.4, 0.5) is 15.5 Å². The normalized spacial score (nSPS) is 13.7. The summed E-state index contributed by atoms with van der Waals surface area (Å²) < 4.78 is 0. The number of nitrogens with one attached hydrogen (secondary N) is 3. The minimum Gasteiger partial charge on any atom is -0.347 e. The Morgan fingerprint density at radius 2 is 1.77 bits per heavy atom. The predicted octanol–water partition coefficient (Wildman–Crippen LogP) is 4.60. The SMILES string of the molecule is Cc1cc(NC(=O)C(C)(C)C)sc1C(=O)NCc1cccc(NC(=O)N2CCCC2)c1. The van der Waals surface area contributed by atoms with Crippen molar-refractivity contribution in [1.29, 1.82) is 0 Å². The molecule has 0 aliphatic carbocycles. The molecule has 8 heteroatoms. The molecule has 0 unspecified atom stereocenters.